The van der Waals surface area contributed by atoms with Crippen molar-refractivity contribution in [2.45, 2.75) is 19.3 Å². The first-order valence-electron chi connectivity index (χ1n) is 5.50. The molecule has 0 N–H and O–H groups in total. The Labute approximate surface area is 101 Å². The molecule has 4 bridgehead atoms. The standard InChI is InChI=1S/C9H15P.BF4.ClH/c1-7-2-9-3-8(1)5-10(4-7)6-9;2-1(3,4)5;/h7-9H,1-6H2;;1H/q;-1;. The molecule has 0 nitrogen and oxygen atoms in total. The van der Waals surface area contributed by atoms with Crippen LogP contribution in [0.15, 0.2) is 0 Å². The zero-order valence-corrected chi connectivity index (χ0v) is 10.6. The Morgan fingerprint density at radius 2 is 1.00 bits per heavy atom. The molecule has 4 rings (SSSR count). The van der Waals surface area contributed by atoms with Gasteiger partial charge in [0.15, 0.2) is 0 Å². The maximum absolute atomic E-state index is 9.75. The molecular weight excluding hydrogens is 261 g/mol. The van der Waals surface area contributed by atoms with Crippen molar-refractivity contribution < 1.29 is 17.3 Å². The Balaban J connectivity index is 0.000000189. The van der Waals surface area contributed by atoms with Crippen LogP contribution in [0.2, 0.25) is 0 Å². The van der Waals surface area contributed by atoms with Crippen LogP contribution < -0.4 is 0 Å². The SMILES string of the molecule is C1C2CC3CC1CP(C2)C3.Cl.F[B-](F)(F)F. The Morgan fingerprint density at radius 1 is 0.750 bits per heavy atom. The first-order valence-corrected chi connectivity index (χ1v) is 7.39. The van der Waals surface area contributed by atoms with E-state index in [0.29, 0.717) is 7.92 Å². The van der Waals surface area contributed by atoms with Crippen LogP contribution in [0.1, 0.15) is 19.3 Å². The first-order chi connectivity index (χ1) is 6.90. The van der Waals surface area contributed by atoms with Gasteiger partial charge in [0.05, 0.1) is 0 Å². The van der Waals surface area contributed by atoms with Crippen molar-refractivity contribution in [3.05, 3.63) is 0 Å². The van der Waals surface area contributed by atoms with Crippen LogP contribution in [0.5, 0.6) is 0 Å². The zero-order chi connectivity index (χ0) is 11.1. The van der Waals surface area contributed by atoms with E-state index < -0.39 is 7.25 Å². The maximum atomic E-state index is 9.75. The van der Waals surface area contributed by atoms with Gasteiger partial charge >= 0.3 is 7.25 Å². The lowest BCUT2D eigenvalue weighted by atomic mass is 9.76. The third kappa shape index (κ3) is 4.41. The molecule has 0 unspecified atom stereocenters. The highest BCUT2D eigenvalue weighted by molar-refractivity contribution is 7.57. The zero-order valence-electron chi connectivity index (χ0n) is 8.92. The van der Waals surface area contributed by atoms with Gasteiger partial charge in [-0.3, -0.25) is 0 Å². The monoisotopic (exact) mass is 277 g/mol. The van der Waals surface area contributed by atoms with E-state index in [0.717, 1.165) is 0 Å². The predicted octanol–water partition coefficient (Wildman–Crippen LogP) is 4.25. The minimum absolute atomic E-state index is 0. The second kappa shape index (κ2) is 5.43. The molecule has 1 saturated carbocycles. The maximum Gasteiger partial charge on any atom is 0.673 e. The highest BCUT2D eigenvalue weighted by Crippen LogP contribution is 2.59. The Bertz CT molecular complexity index is 174. The van der Waals surface area contributed by atoms with Gasteiger partial charge in [0.2, 0.25) is 0 Å². The summed E-state index contributed by atoms with van der Waals surface area (Å²) in [6, 6.07) is 0. The van der Waals surface area contributed by atoms with Crippen molar-refractivity contribution in [2.75, 3.05) is 18.5 Å². The molecule has 1 aliphatic carbocycles. The fourth-order valence-electron chi connectivity index (χ4n) is 3.47. The van der Waals surface area contributed by atoms with E-state index in [1.165, 1.54) is 17.8 Å². The number of hydrogen-bond acceptors (Lipinski definition) is 0. The van der Waals surface area contributed by atoms with E-state index >= 15 is 0 Å². The minimum atomic E-state index is -6.00. The van der Waals surface area contributed by atoms with Crippen LogP contribution in [0.4, 0.5) is 17.3 Å². The summed E-state index contributed by atoms with van der Waals surface area (Å²) >= 11 is 0. The lowest BCUT2D eigenvalue weighted by molar-refractivity contribution is 0.212. The third-order valence-corrected chi connectivity index (χ3v) is 6.65. The van der Waals surface area contributed by atoms with Crippen LogP contribution >= 0.6 is 20.3 Å². The van der Waals surface area contributed by atoms with Gasteiger partial charge in [-0.15, -0.1) is 20.3 Å². The van der Waals surface area contributed by atoms with Gasteiger partial charge < -0.3 is 17.3 Å². The Hall–Kier alpha value is 0.505. The van der Waals surface area contributed by atoms with Crippen LogP contribution in [-0.4, -0.2) is 25.7 Å². The van der Waals surface area contributed by atoms with E-state index in [1.807, 2.05) is 0 Å². The van der Waals surface area contributed by atoms with Crippen molar-refractivity contribution in [3.8, 4) is 0 Å². The highest BCUT2D eigenvalue weighted by atomic mass is 35.5. The lowest BCUT2D eigenvalue weighted by Gasteiger charge is -2.49. The summed E-state index contributed by atoms with van der Waals surface area (Å²) in [5, 5.41) is 0. The van der Waals surface area contributed by atoms with E-state index in [1.54, 1.807) is 37.7 Å². The highest BCUT2D eigenvalue weighted by Gasteiger charge is 2.41. The molecule has 0 aromatic heterocycles. The van der Waals surface area contributed by atoms with Gasteiger partial charge in [0, 0.05) is 0 Å². The molecule has 0 aromatic carbocycles. The van der Waals surface area contributed by atoms with E-state index in [-0.39, 0.29) is 12.4 Å². The summed E-state index contributed by atoms with van der Waals surface area (Å²) in [7, 11) is -5.41. The number of halogens is 5. The van der Waals surface area contributed by atoms with Crippen LogP contribution in [0.25, 0.3) is 0 Å². The Kier molecular flexibility index (Phi) is 4.95. The molecule has 3 aliphatic heterocycles. The second-order valence-corrected chi connectivity index (χ2v) is 7.46. The average molecular weight is 277 g/mol. The van der Waals surface area contributed by atoms with Gasteiger partial charge in [0.25, 0.3) is 0 Å². The van der Waals surface area contributed by atoms with Crippen molar-refractivity contribution >= 4 is 27.6 Å². The summed E-state index contributed by atoms with van der Waals surface area (Å²) in [6.07, 6.45) is 9.87. The first kappa shape index (κ1) is 14.6. The summed E-state index contributed by atoms with van der Waals surface area (Å²) in [4.78, 5) is 0. The van der Waals surface area contributed by atoms with Gasteiger partial charge in [-0.25, -0.2) is 0 Å². The summed E-state index contributed by atoms with van der Waals surface area (Å²) in [5.41, 5.74) is 0. The average Bonchev–Trinajstić information content (AvgIpc) is 1.96. The molecule has 96 valence electrons. The van der Waals surface area contributed by atoms with Crippen LogP contribution in [0, 0.1) is 17.8 Å². The van der Waals surface area contributed by atoms with Crippen molar-refractivity contribution in [1.29, 1.82) is 0 Å². The normalized spacial score (nSPS) is 39.8. The van der Waals surface area contributed by atoms with E-state index in [9.17, 15) is 17.3 Å². The molecule has 0 radical (unpaired) electrons. The molecule has 4 fully saturated rings. The minimum Gasteiger partial charge on any atom is -0.418 e. The van der Waals surface area contributed by atoms with Crippen molar-refractivity contribution in [3.63, 3.8) is 0 Å². The topological polar surface area (TPSA) is 0 Å². The number of rotatable bonds is 0. The quantitative estimate of drug-likeness (QED) is 0.353. The molecule has 0 amide bonds. The summed E-state index contributed by atoms with van der Waals surface area (Å²) < 4.78 is 39.0. The van der Waals surface area contributed by atoms with Gasteiger partial charge in [-0.05, 0) is 55.5 Å². The lowest BCUT2D eigenvalue weighted by Crippen LogP contribution is -2.38. The van der Waals surface area contributed by atoms with Gasteiger partial charge in [0.1, 0.15) is 0 Å². The molecule has 0 aromatic rings. The van der Waals surface area contributed by atoms with Gasteiger partial charge in [-0.1, -0.05) is 0 Å². The van der Waals surface area contributed by atoms with Crippen LogP contribution in [-0.2, 0) is 0 Å². The van der Waals surface area contributed by atoms with E-state index in [4.69, 9.17) is 0 Å². The smallest absolute Gasteiger partial charge is 0.418 e. The fourth-order valence-corrected chi connectivity index (χ4v) is 7.00. The van der Waals surface area contributed by atoms with E-state index in [2.05, 4.69) is 0 Å². The molecule has 3 heterocycles. The summed E-state index contributed by atoms with van der Waals surface area (Å²) in [5.74, 6) is 3.62. The molecule has 4 aliphatic rings. The van der Waals surface area contributed by atoms with Gasteiger partial charge in [-0.2, -0.15) is 0 Å². The molecule has 0 atom stereocenters. The third-order valence-electron chi connectivity index (χ3n) is 3.55. The fraction of sp³-hybridized carbons (Fsp3) is 1.00. The van der Waals surface area contributed by atoms with Crippen LogP contribution in [0.3, 0.4) is 0 Å². The molecule has 0 spiro atoms. The Morgan fingerprint density at radius 3 is 1.19 bits per heavy atom. The molecule has 16 heavy (non-hydrogen) atoms. The number of hydrogen-bond donors (Lipinski definition) is 0. The molecule has 3 saturated heterocycles. The van der Waals surface area contributed by atoms with Crippen molar-refractivity contribution in [1.82, 2.24) is 0 Å². The predicted molar refractivity (Wildman–Crippen MR) is 63.3 cm³/mol. The largest absolute Gasteiger partial charge is 0.673 e. The van der Waals surface area contributed by atoms with Crippen molar-refractivity contribution in [2.24, 2.45) is 17.8 Å². The second-order valence-electron chi connectivity index (χ2n) is 5.02. The molecule has 7 heteroatoms. The molecular formula is C9H16BClF4P-. The summed E-state index contributed by atoms with van der Waals surface area (Å²) in [6.45, 7) is 0.